The van der Waals surface area contributed by atoms with Crippen LogP contribution in [0.1, 0.15) is 53.6 Å². The molecule has 0 radical (unpaired) electrons. The highest BCUT2D eigenvalue weighted by molar-refractivity contribution is 7.08. The number of pyridine rings is 1. The summed E-state index contributed by atoms with van der Waals surface area (Å²) in [6.07, 6.45) is 10.8. The molecule has 3 aromatic heterocycles. The Bertz CT molecular complexity index is 1220. The summed E-state index contributed by atoms with van der Waals surface area (Å²) in [5.74, 6) is 0.592. The number of imidazole rings is 1. The molecule has 0 aliphatic carbocycles. The molecule has 0 fully saturated rings. The topological polar surface area (TPSA) is 113 Å². The number of rotatable bonds is 10. The van der Waals surface area contributed by atoms with Gasteiger partial charge in [-0.15, -0.1) is 0 Å². The summed E-state index contributed by atoms with van der Waals surface area (Å²) >= 11 is 1.17. The van der Waals surface area contributed by atoms with Gasteiger partial charge in [0.25, 0.3) is 5.91 Å². The number of carbonyl (C=O) groups is 2. The van der Waals surface area contributed by atoms with Crippen LogP contribution in [0.5, 0.6) is 0 Å². The Morgan fingerprint density at radius 1 is 1.06 bits per heavy atom. The smallest absolute Gasteiger partial charge is 0.263 e. The number of H-pyrrole nitrogens is 1. The van der Waals surface area contributed by atoms with E-state index in [2.05, 4.69) is 42.1 Å². The first-order valence-electron chi connectivity index (χ1n) is 10.9. The Morgan fingerprint density at radius 2 is 1.97 bits per heavy atom. The third-order valence-corrected chi connectivity index (χ3v) is 6.26. The number of carbonyl (C=O) groups excluding carboxylic acids is 2. The highest BCUT2D eigenvalue weighted by Crippen LogP contribution is 2.26. The van der Waals surface area contributed by atoms with Crippen molar-refractivity contribution in [2.75, 3.05) is 7.05 Å². The second-order valence-corrected chi connectivity index (χ2v) is 8.63. The van der Waals surface area contributed by atoms with Gasteiger partial charge in [-0.2, -0.15) is 0 Å². The van der Waals surface area contributed by atoms with Crippen molar-refractivity contribution in [2.24, 2.45) is 0 Å². The van der Waals surface area contributed by atoms with E-state index in [0.717, 1.165) is 41.3 Å². The van der Waals surface area contributed by atoms with Gasteiger partial charge in [-0.3, -0.25) is 14.6 Å². The van der Waals surface area contributed by atoms with Crippen LogP contribution in [-0.2, 0) is 4.79 Å². The number of benzene rings is 1. The van der Waals surface area contributed by atoms with Crippen LogP contribution in [0, 0.1) is 0 Å². The molecule has 1 aromatic carbocycles. The van der Waals surface area contributed by atoms with Crippen molar-refractivity contribution >= 4 is 34.1 Å². The molecule has 3 N–H and O–H groups in total. The van der Waals surface area contributed by atoms with Crippen molar-refractivity contribution in [3.05, 3.63) is 65.8 Å². The molecule has 0 bridgehead atoms. The normalized spacial score (nSPS) is 11.9. The molecule has 9 heteroatoms. The third kappa shape index (κ3) is 5.81. The maximum absolute atomic E-state index is 12.7. The van der Waals surface area contributed by atoms with Crippen LogP contribution >= 0.6 is 11.5 Å². The van der Waals surface area contributed by atoms with Crippen molar-refractivity contribution in [3.8, 4) is 11.3 Å². The lowest BCUT2D eigenvalue weighted by molar-refractivity contribution is -0.120. The van der Waals surface area contributed by atoms with Gasteiger partial charge in [0.05, 0.1) is 17.9 Å². The summed E-state index contributed by atoms with van der Waals surface area (Å²) in [5.41, 5.74) is 1.89. The molecule has 1 atom stereocenters. The molecule has 8 nitrogen and oxygen atoms in total. The van der Waals surface area contributed by atoms with E-state index in [-0.39, 0.29) is 17.9 Å². The fourth-order valence-electron chi connectivity index (χ4n) is 3.69. The summed E-state index contributed by atoms with van der Waals surface area (Å²) < 4.78 is 4.02. The Hall–Kier alpha value is -3.59. The average molecular weight is 463 g/mol. The number of aromatic amines is 1. The van der Waals surface area contributed by atoms with Gasteiger partial charge < -0.3 is 15.6 Å². The van der Waals surface area contributed by atoms with Crippen molar-refractivity contribution in [1.82, 2.24) is 30.0 Å². The molecular formula is C24H26N6O2S. The number of nitrogens with one attached hydrogen (secondary N) is 3. The maximum atomic E-state index is 12.7. The summed E-state index contributed by atoms with van der Waals surface area (Å²) in [5, 5.41) is 7.91. The van der Waals surface area contributed by atoms with Crippen LogP contribution in [-0.4, -0.2) is 38.2 Å². The number of unbranched alkanes of at least 4 members (excludes halogenated alkanes) is 2. The van der Waals surface area contributed by atoms with E-state index < -0.39 is 0 Å². The molecule has 3 heterocycles. The Morgan fingerprint density at radius 3 is 2.79 bits per heavy atom. The number of hydrogen-bond donors (Lipinski definition) is 3. The van der Waals surface area contributed by atoms with Crippen molar-refractivity contribution in [1.29, 1.82) is 0 Å². The van der Waals surface area contributed by atoms with Crippen LogP contribution in [0.3, 0.4) is 0 Å². The molecule has 0 aliphatic rings. The molecule has 1 unspecified atom stereocenters. The van der Waals surface area contributed by atoms with Crippen LogP contribution < -0.4 is 10.6 Å². The Balaban J connectivity index is 1.48. The number of fused-ring (bicyclic) bond motifs is 1. The summed E-state index contributed by atoms with van der Waals surface area (Å²) in [4.78, 5) is 36.9. The molecule has 2 amide bonds. The van der Waals surface area contributed by atoms with E-state index in [9.17, 15) is 9.59 Å². The Labute approximate surface area is 196 Å². The summed E-state index contributed by atoms with van der Waals surface area (Å²) in [6, 6.07) is 9.59. The molecule has 4 rings (SSSR count). The van der Waals surface area contributed by atoms with Crippen LogP contribution in [0.15, 0.2) is 55.1 Å². The van der Waals surface area contributed by atoms with Crippen LogP contribution in [0.2, 0.25) is 0 Å². The van der Waals surface area contributed by atoms with Crippen LogP contribution in [0.25, 0.3) is 22.0 Å². The zero-order chi connectivity index (χ0) is 23.0. The predicted molar refractivity (Wildman–Crippen MR) is 129 cm³/mol. The molecule has 170 valence electrons. The monoisotopic (exact) mass is 462 g/mol. The zero-order valence-corrected chi connectivity index (χ0v) is 19.2. The van der Waals surface area contributed by atoms with Gasteiger partial charge in [0.2, 0.25) is 5.91 Å². The van der Waals surface area contributed by atoms with E-state index in [1.54, 1.807) is 31.7 Å². The largest absolute Gasteiger partial charge is 0.359 e. The highest BCUT2D eigenvalue weighted by Gasteiger charge is 2.20. The van der Waals surface area contributed by atoms with Gasteiger partial charge >= 0.3 is 0 Å². The van der Waals surface area contributed by atoms with E-state index in [0.29, 0.717) is 23.5 Å². The number of hydrogen-bond acceptors (Lipinski definition) is 6. The van der Waals surface area contributed by atoms with Gasteiger partial charge in [-0.25, -0.2) is 9.36 Å². The third-order valence-electron chi connectivity index (χ3n) is 5.52. The van der Waals surface area contributed by atoms with Crippen molar-refractivity contribution in [2.45, 2.75) is 38.1 Å². The van der Waals surface area contributed by atoms with Crippen molar-refractivity contribution < 1.29 is 9.59 Å². The van der Waals surface area contributed by atoms with Gasteiger partial charge in [-0.05, 0) is 48.0 Å². The molecular weight excluding hydrogens is 436 g/mol. The molecule has 0 saturated heterocycles. The fourth-order valence-corrected chi connectivity index (χ4v) is 4.19. The second-order valence-electron chi connectivity index (χ2n) is 7.79. The maximum Gasteiger partial charge on any atom is 0.263 e. The SMILES string of the molecule is CNC(=O)CCCCCC(NC(=O)c1ccns1)c1ncc(-c2ccc3ccncc3c2)[nH]1. The Kier molecular flexibility index (Phi) is 7.41. The van der Waals surface area contributed by atoms with E-state index in [1.807, 2.05) is 18.3 Å². The van der Waals surface area contributed by atoms with Gasteiger partial charge in [0.1, 0.15) is 10.7 Å². The lowest BCUT2D eigenvalue weighted by atomic mass is 10.1. The predicted octanol–water partition coefficient (Wildman–Crippen LogP) is 4.25. The molecule has 4 aromatic rings. The van der Waals surface area contributed by atoms with Crippen molar-refractivity contribution in [3.63, 3.8) is 0 Å². The molecule has 33 heavy (non-hydrogen) atoms. The average Bonchev–Trinajstić information content (AvgIpc) is 3.55. The first-order chi connectivity index (χ1) is 16.1. The quantitative estimate of drug-likeness (QED) is 0.305. The lowest BCUT2D eigenvalue weighted by Crippen LogP contribution is -2.28. The zero-order valence-electron chi connectivity index (χ0n) is 18.4. The van der Waals surface area contributed by atoms with Gasteiger partial charge in [0, 0.05) is 43.0 Å². The second kappa shape index (κ2) is 10.8. The van der Waals surface area contributed by atoms with E-state index in [4.69, 9.17) is 0 Å². The fraction of sp³-hybridized carbons (Fsp3) is 0.292. The van der Waals surface area contributed by atoms with Gasteiger partial charge in [0.15, 0.2) is 0 Å². The van der Waals surface area contributed by atoms with Gasteiger partial charge in [-0.1, -0.05) is 25.0 Å². The minimum atomic E-state index is -0.268. The minimum absolute atomic E-state index is 0.0475. The summed E-state index contributed by atoms with van der Waals surface area (Å²) in [6.45, 7) is 0. The highest BCUT2D eigenvalue weighted by atomic mass is 32.1. The number of amides is 2. The lowest BCUT2D eigenvalue weighted by Gasteiger charge is -2.16. The summed E-state index contributed by atoms with van der Waals surface area (Å²) in [7, 11) is 1.65. The first kappa shape index (κ1) is 22.6. The minimum Gasteiger partial charge on any atom is -0.359 e. The van der Waals surface area contributed by atoms with Crippen LogP contribution in [0.4, 0.5) is 0 Å². The first-order valence-corrected chi connectivity index (χ1v) is 11.7. The number of aromatic nitrogens is 4. The molecule has 0 spiro atoms. The van der Waals surface area contributed by atoms with E-state index in [1.165, 1.54) is 11.5 Å². The molecule has 0 saturated carbocycles. The molecule has 0 aliphatic heterocycles. The van der Waals surface area contributed by atoms with E-state index >= 15 is 0 Å². The number of nitrogens with zero attached hydrogens (tertiary/aromatic N) is 3. The standard InChI is InChI=1S/C24H26N6O2S/c1-25-22(31)6-4-2-3-5-19(30-24(32)21-10-12-28-33-21)23-27-15-20(29-23)17-8-7-16-9-11-26-14-18(16)13-17/h7-15,19H,2-6H2,1H3,(H,25,31)(H,27,29)(H,30,32).